The summed E-state index contributed by atoms with van der Waals surface area (Å²) in [5.74, 6) is -0.561. The van der Waals surface area contributed by atoms with Gasteiger partial charge in [0.2, 0.25) is 5.91 Å². The molecular weight excluding hydrogens is 262 g/mol. The Balaban J connectivity index is 2.63. The summed E-state index contributed by atoms with van der Waals surface area (Å²) in [5, 5.41) is 11.8. The van der Waals surface area contributed by atoms with Gasteiger partial charge in [0.05, 0.1) is 12.1 Å². The summed E-state index contributed by atoms with van der Waals surface area (Å²) in [5.41, 5.74) is -1.59. The quantitative estimate of drug-likeness (QED) is 0.692. The maximum absolute atomic E-state index is 12.0. The molecule has 0 saturated carbocycles. The summed E-state index contributed by atoms with van der Waals surface area (Å²) in [6.07, 6.45) is 0.0369. The molecule has 1 fully saturated rings. The Morgan fingerprint density at radius 1 is 1.40 bits per heavy atom. The van der Waals surface area contributed by atoms with Crippen molar-refractivity contribution in [2.24, 2.45) is 0 Å². The number of amides is 4. The molecule has 1 aliphatic rings. The molecule has 0 aromatic rings. The molecule has 0 spiro atoms. The third kappa shape index (κ3) is 3.09. The number of carbonyl (C=O) groups is 3. The van der Waals surface area contributed by atoms with Crippen molar-refractivity contribution >= 4 is 17.8 Å². The SMILES string of the molecule is CN(C(=O)CCN1C(=O)NC(C)(C)C1=O)C(C)(C)CO. The maximum atomic E-state index is 12.0. The standard InChI is InChI=1S/C13H23N3O4/c1-12(2,8-17)15(5)9(18)6-7-16-10(19)13(3,4)14-11(16)20/h17H,6-8H2,1-5H3,(H,14,20). The summed E-state index contributed by atoms with van der Waals surface area (Å²) in [4.78, 5) is 38.1. The molecule has 20 heavy (non-hydrogen) atoms. The third-order valence-corrected chi connectivity index (χ3v) is 3.66. The zero-order chi connectivity index (χ0) is 15.7. The van der Waals surface area contributed by atoms with Crippen LogP contribution in [0, 0.1) is 0 Å². The van der Waals surface area contributed by atoms with Crippen molar-refractivity contribution in [1.29, 1.82) is 0 Å². The Morgan fingerprint density at radius 3 is 2.35 bits per heavy atom. The third-order valence-electron chi connectivity index (χ3n) is 3.66. The van der Waals surface area contributed by atoms with E-state index in [4.69, 9.17) is 0 Å². The summed E-state index contributed by atoms with van der Waals surface area (Å²) in [6, 6.07) is -0.475. The average Bonchev–Trinajstić information content (AvgIpc) is 2.55. The minimum Gasteiger partial charge on any atom is -0.394 e. The van der Waals surface area contributed by atoms with Gasteiger partial charge in [-0.05, 0) is 27.7 Å². The lowest BCUT2D eigenvalue weighted by Crippen LogP contribution is -2.48. The molecule has 0 aliphatic carbocycles. The Hall–Kier alpha value is -1.63. The monoisotopic (exact) mass is 285 g/mol. The molecule has 0 bridgehead atoms. The number of rotatable bonds is 5. The highest BCUT2D eigenvalue weighted by Crippen LogP contribution is 2.18. The Morgan fingerprint density at radius 2 is 1.95 bits per heavy atom. The number of imide groups is 1. The zero-order valence-corrected chi connectivity index (χ0v) is 12.7. The van der Waals surface area contributed by atoms with Gasteiger partial charge in [0.1, 0.15) is 5.54 Å². The molecule has 0 aromatic heterocycles. The van der Waals surface area contributed by atoms with Crippen LogP contribution in [-0.2, 0) is 9.59 Å². The van der Waals surface area contributed by atoms with Crippen LogP contribution in [0.25, 0.3) is 0 Å². The van der Waals surface area contributed by atoms with E-state index in [2.05, 4.69) is 5.32 Å². The van der Waals surface area contributed by atoms with E-state index in [1.807, 2.05) is 0 Å². The van der Waals surface area contributed by atoms with E-state index in [1.54, 1.807) is 34.7 Å². The van der Waals surface area contributed by atoms with Gasteiger partial charge in [0.25, 0.3) is 5.91 Å². The molecule has 2 N–H and O–H groups in total. The predicted molar refractivity (Wildman–Crippen MR) is 72.9 cm³/mol. The largest absolute Gasteiger partial charge is 0.394 e. The first-order valence-corrected chi connectivity index (χ1v) is 6.54. The van der Waals surface area contributed by atoms with Crippen molar-refractivity contribution in [2.75, 3.05) is 20.2 Å². The molecule has 1 aliphatic heterocycles. The second-order valence-electron chi connectivity index (χ2n) is 6.19. The number of hydrogen-bond donors (Lipinski definition) is 2. The van der Waals surface area contributed by atoms with E-state index >= 15 is 0 Å². The van der Waals surface area contributed by atoms with E-state index in [9.17, 15) is 19.5 Å². The van der Waals surface area contributed by atoms with Crippen molar-refractivity contribution in [2.45, 2.75) is 45.2 Å². The second kappa shape index (κ2) is 5.40. The van der Waals surface area contributed by atoms with E-state index in [0.717, 1.165) is 4.90 Å². The fourth-order valence-corrected chi connectivity index (χ4v) is 1.84. The highest BCUT2D eigenvalue weighted by atomic mass is 16.3. The van der Waals surface area contributed by atoms with E-state index < -0.39 is 17.1 Å². The van der Waals surface area contributed by atoms with Gasteiger partial charge in [-0.25, -0.2) is 4.79 Å². The number of carbonyl (C=O) groups excluding carboxylic acids is 3. The lowest BCUT2D eigenvalue weighted by atomic mass is 10.0. The van der Waals surface area contributed by atoms with Crippen LogP contribution in [0.2, 0.25) is 0 Å². The van der Waals surface area contributed by atoms with Gasteiger partial charge in [-0.2, -0.15) is 0 Å². The molecule has 0 atom stereocenters. The van der Waals surface area contributed by atoms with Crippen molar-refractivity contribution in [3.8, 4) is 0 Å². The van der Waals surface area contributed by atoms with Gasteiger partial charge in [-0.1, -0.05) is 0 Å². The molecule has 0 unspecified atom stereocenters. The fraction of sp³-hybridized carbons (Fsp3) is 0.769. The average molecular weight is 285 g/mol. The molecule has 0 radical (unpaired) electrons. The summed E-state index contributed by atoms with van der Waals surface area (Å²) in [7, 11) is 1.59. The number of aliphatic hydroxyl groups is 1. The number of hydrogen-bond acceptors (Lipinski definition) is 4. The zero-order valence-electron chi connectivity index (χ0n) is 12.7. The van der Waals surface area contributed by atoms with Crippen LogP contribution in [0.3, 0.4) is 0 Å². The Bertz CT molecular complexity index is 431. The molecule has 1 rings (SSSR count). The smallest absolute Gasteiger partial charge is 0.325 e. The van der Waals surface area contributed by atoms with Crippen LogP contribution >= 0.6 is 0 Å². The first-order chi connectivity index (χ1) is 9.03. The molecule has 1 heterocycles. The Labute approximate surface area is 118 Å². The normalized spacial score (nSPS) is 18.2. The number of nitrogens with zero attached hydrogens (tertiary/aromatic N) is 2. The first-order valence-electron chi connectivity index (χ1n) is 6.54. The van der Waals surface area contributed by atoms with E-state index in [-0.39, 0.29) is 31.4 Å². The van der Waals surface area contributed by atoms with Crippen LogP contribution in [0.4, 0.5) is 4.79 Å². The number of likely N-dealkylation sites (N-methyl/N-ethyl adjacent to an activating group) is 1. The summed E-state index contributed by atoms with van der Waals surface area (Å²) in [6.45, 7) is 6.60. The van der Waals surface area contributed by atoms with Crippen molar-refractivity contribution in [3.05, 3.63) is 0 Å². The van der Waals surface area contributed by atoms with Gasteiger partial charge < -0.3 is 15.3 Å². The molecule has 1 saturated heterocycles. The lowest BCUT2D eigenvalue weighted by Gasteiger charge is -2.34. The van der Waals surface area contributed by atoms with Gasteiger partial charge in [-0.3, -0.25) is 14.5 Å². The number of aliphatic hydroxyl groups excluding tert-OH is 1. The molecule has 114 valence electrons. The lowest BCUT2D eigenvalue weighted by molar-refractivity contribution is -0.137. The van der Waals surface area contributed by atoms with E-state index in [1.165, 1.54) is 4.90 Å². The second-order valence-corrected chi connectivity index (χ2v) is 6.19. The number of urea groups is 1. The summed E-state index contributed by atoms with van der Waals surface area (Å²) < 4.78 is 0. The van der Waals surface area contributed by atoms with Gasteiger partial charge in [-0.15, -0.1) is 0 Å². The number of nitrogens with one attached hydrogen (secondary N) is 1. The van der Waals surface area contributed by atoms with Crippen molar-refractivity contribution in [1.82, 2.24) is 15.1 Å². The van der Waals surface area contributed by atoms with Crippen LogP contribution in [0.15, 0.2) is 0 Å². The highest BCUT2D eigenvalue weighted by molar-refractivity contribution is 6.06. The van der Waals surface area contributed by atoms with Crippen LogP contribution < -0.4 is 5.32 Å². The van der Waals surface area contributed by atoms with Crippen LogP contribution in [0.1, 0.15) is 34.1 Å². The first kappa shape index (κ1) is 16.4. The Kier molecular flexibility index (Phi) is 4.43. The molecule has 0 aromatic carbocycles. The van der Waals surface area contributed by atoms with Crippen LogP contribution in [-0.4, -0.2) is 64.0 Å². The molecule has 7 nitrogen and oxygen atoms in total. The summed E-state index contributed by atoms with van der Waals surface area (Å²) >= 11 is 0. The molecule has 4 amide bonds. The fourth-order valence-electron chi connectivity index (χ4n) is 1.84. The van der Waals surface area contributed by atoms with E-state index in [0.29, 0.717) is 0 Å². The minimum atomic E-state index is -0.920. The topological polar surface area (TPSA) is 90.0 Å². The highest BCUT2D eigenvalue weighted by Gasteiger charge is 2.44. The molecular formula is C13H23N3O4. The van der Waals surface area contributed by atoms with Gasteiger partial charge in [0, 0.05) is 20.0 Å². The minimum absolute atomic E-state index is 0.0369. The van der Waals surface area contributed by atoms with Crippen molar-refractivity contribution < 1.29 is 19.5 Å². The van der Waals surface area contributed by atoms with Gasteiger partial charge in [0.15, 0.2) is 0 Å². The van der Waals surface area contributed by atoms with Gasteiger partial charge >= 0.3 is 6.03 Å². The molecule has 7 heteroatoms. The maximum Gasteiger partial charge on any atom is 0.325 e. The van der Waals surface area contributed by atoms with Crippen molar-refractivity contribution in [3.63, 3.8) is 0 Å². The van der Waals surface area contributed by atoms with Crippen LogP contribution in [0.5, 0.6) is 0 Å². The predicted octanol–water partition coefficient (Wildman–Crippen LogP) is -0.0638.